The second-order valence-electron chi connectivity index (χ2n) is 11.2. The second-order valence-corrected chi connectivity index (χ2v) is 11.2. The molecule has 2 fully saturated rings. The monoisotopic (exact) mass is 517 g/mol. The number of piperidine rings is 1. The molecule has 1 unspecified atom stereocenters. The molecule has 3 heterocycles. The number of carbonyl (C=O) groups excluding carboxylic acids is 2. The van der Waals surface area contributed by atoms with E-state index in [0.717, 1.165) is 18.5 Å². The summed E-state index contributed by atoms with van der Waals surface area (Å²) in [5.74, 6) is -2.08. The summed E-state index contributed by atoms with van der Waals surface area (Å²) in [6.07, 6.45) is 6.26. The predicted molar refractivity (Wildman–Crippen MR) is 136 cm³/mol. The molecule has 0 spiro atoms. The van der Waals surface area contributed by atoms with E-state index in [2.05, 4.69) is 35.7 Å². The third-order valence-electron chi connectivity index (χ3n) is 7.79. The van der Waals surface area contributed by atoms with Crippen molar-refractivity contribution in [2.24, 2.45) is 17.8 Å². The number of alkyl halides is 2. The van der Waals surface area contributed by atoms with Gasteiger partial charge in [0.1, 0.15) is 5.52 Å². The maximum atomic E-state index is 13.5. The lowest BCUT2D eigenvalue weighted by atomic mass is 9.78. The normalized spacial score (nSPS) is 23.2. The average Bonchev–Trinajstić information content (AvgIpc) is 3.28. The first-order valence-corrected chi connectivity index (χ1v) is 13.1. The average molecular weight is 518 g/mol. The summed E-state index contributed by atoms with van der Waals surface area (Å²) < 4.78 is 26.9. The minimum Gasteiger partial charge on any atom is -0.388 e. The van der Waals surface area contributed by atoms with Gasteiger partial charge in [-0.15, -0.1) is 0 Å². The van der Waals surface area contributed by atoms with Crippen molar-refractivity contribution in [3.63, 3.8) is 0 Å². The molecule has 1 saturated heterocycles. The Hall–Kier alpha value is -2.88. The molecule has 10 heteroatoms. The largest absolute Gasteiger partial charge is 0.388 e. The molecule has 2 aromatic heterocycles. The number of likely N-dealkylation sites (tertiary alicyclic amines) is 1. The molecule has 2 aromatic rings. The molecule has 0 aromatic carbocycles. The smallest absolute Gasteiger partial charge is 0.255 e. The van der Waals surface area contributed by atoms with E-state index in [1.807, 2.05) is 4.90 Å². The number of aliphatic hydroxyl groups is 1. The number of aromatic nitrogens is 3. The molecule has 1 aliphatic heterocycles. The van der Waals surface area contributed by atoms with Gasteiger partial charge in [0, 0.05) is 38.7 Å². The van der Waals surface area contributed by atoms with Crippen molar-refractivity contribution in [1.29, 1.82) is 0 Å². The third kappa shape index (κ3) is 6.52. The Morgan fingerprint density at radius 2 is 2.03 bits per heavy atom. The topological polar surface area (TPSA) is 111 Å². The first-order chi connectivity index (χ1) is 17.5. The van der Waals surface area contributed by atoms with Crippen LogP contribution >= 0.6 is 0 Å². The maximum Gasteiger partial charge on any atom is 0.255 e. The van der Waals surface area contributed by atoms with Crippen LogP contribution in [0, 0.1) is 17.8 Å². The molecule has 2 atom stereocenters. The van der Waals surface area contributed by atoms with Crippen LogP contribution in [0.25, 0.3) is 11.2 Å². The van der Waals surface area contributed by atoms with Crippen molar-refractivity contribution in [2.45, 2.75) is 70.3 Å². The Labute approximate surface area is 215 Å². The van der Waals surface area contributed by atoms with E-state index in [4.69, 9.17) is 4.98 Å². The van der Waals surface area contributed by atoms with Gasteiger partial charge in [0.05, 0.1) is 23.1 Å². The maximum absolute atomic E-state index is 13.5. The second kappa shape index (κ2) is 10.8. The van der Waals surface area contributed by atoms with E-state index >= 15 is 0 Å². The van der Waals surface area contributed by atoms with E-state index in [1.165, 1.54) is 12.3 Å². The molecule has 202 valence electrons. The molecule has 4 rings (SSSR count). The summed E-state index contributed by atoms with van der Waals surface area (Å²) in [5.41, 5.74) is 0.663. The van der Waals surface area contributed by atoms with Crippen LogP contribution in [0.5, 0.6) is 0 Å². The Kier molecular flexibility index (Phi) is 7.96. The van der Waals surface area contributed by atoms with Gasteiger partial charge in [0.25, 0.3) is 5.91 Å². The van der Waals surface area contributed by atoms with Crippen LogP contribution in [-0.4, -0.2) is 67.9 Å². The fourth-order valence-electron chi connectivity index (χ4n) is 5.62. The molecule has 2 aliphatic rings. The molecule has 0 bridgehead atoms. The van der Waals surface area contributed by atoms with Gasteiger partial charge in [-0.1, -0.05) is 20.4 Å². The summed E-state index contributed by atoms with van der Waals surface area (Å²) in [7, 11) is 0. The van der Waals surface area contributed by atoms with Crippen molar-refractivity contribution in [3.05, 3.63) is 36.3 Å². The van der Waals surface area contributed by atoms with E-state index in [0.29, 0.717) is 54.0 Å². The fraction of sp³-hybridized carbons (Fsp3) is 0.630. The molecular weight excluding hydrogens is 480 g/mol. The van der Waals surface area contributed by atoms with E-state index in [1.54, 1.807) is 6.20 Å². The van der Waals surface area contributed by atoms with Crippen LogP contribution in [0.1, 0.15) is 68.4 Å². The number of H-pyrrole nitrogens is 1. The number of nitrogens with one attached hydrogen (secondary N) is 2. The van der Waals surface area contributed by atoms with Gasteiger partial charge in [-0.25, -0.2) is 18.7 Å². The van der Waals surface area contributed by atoms with Crippen LogP contribution in [0.2, 0.25) is 0 Å². The summed E-state index contributed by atoms with van der Waals surface area (Å²) >= 11 is 0. The van der Waals surface area contributed by atoms with Crippen molar-refractivity contribution in [3.8, 4) is 0 Å². The van der Waals surface area contributed by atoms with Crippen LogP contribution in [0.4, 0.5) is 8.78 Å². The van der Waals surface area contributed by atoms with E-state index < -0.39 is 17.4 Å². The number of aromatic amines is 1. The Morgan fingerprint density at radius 1 is 1.30 bits per heavy atom. The van der Waals surface area contributed by atoms with E-state index in [9.17, 15) is 23.5 Å². The first kappa shape index (κ1) is 27.2. The minimum absolute atomic E-state index is 0.0389. The van der Waals surface area contributed by atoms with Crippen LogP contribution in [0.3, 0.4) is 0 Å². The third-order valence-corrected chi connectivity index (χ3v) is 7.79. The number of rotatable bonds is 8. The Morgan fingerprint density at radius 3 is 2.70 bits per heavy atom. The van der Waals surface area contributed by atoms with Crippen molar-refractivity contribution >= 4 is 23.0 Å². The number of hydrogen-bond acceptors (Lipinski definition) is 5. The number of halogens is 2. The molecule has 3 N–H and O–H groups in total. The van der Waals surface area contributed by atoms with Crippen molar-refractivity contribution < 1.29 is 23.5 Å². The summed E-state index contributed by atoms with van der Waals surface area (Å²) in [6.45, 7) is 9.24. The number of hydrogen-bond donors (Lipinski definition) is 3. The lowest BCUT2D eigenvalue weighted by molar-refractivity contribution is -0.128. The molecule has 1 saturated carbocycles. The summed E-state index contributed by atoms with van der Waals surface area (Å²) in [4.78, 5) is 39.2. The number of nitrogens with zero attached hydrogens (tertiary/aromatic N) is 3. The molecular formula is C27H37F2N5O3. The molecule has 37 heavy (non-hydrogen) atoms. The lowest BCUT2D eigenvalue weighted by Gasteiger charge is -2.39. The SMILES string of the molecule is C=CC(=O)N1CCC(Cc2cnc3[nH]cc(C(=O)NCC4(O)CCC(F)(F)CC4)c3n2)[C@H](CC(C)C)C1. The molecule has 0 radical (unpaired) electrons. The van der Waals surface area contributed by atoms with Gasteiger partial charge in [-0.05, 0) is 55.9 Å². The highest BCUT2D eigenvalue weighted by molar-refractivity contribution is 6.04. The quantitative estimate of drug-likeness (QED) is 0.461. The zero-order valence-electron chi connectivity index (χ0n) is 21.6. The zero-order chi connectivity index (χ0) is 26.8. The molecule has 2 amide bonds. The van der Waals surface area contributed by atoms with Gasteiger partial charge < -0.3 is 20.3 Å². The fourth-order valence-corrected chi connectivity index (χ4v) is 5.62. The number of fused-ring (bicyclic) bond motifs is 1. The standard InChI is InChI=1S/C27H37F2N5O3/c1-4-22(35)34-10-5-18(19(15-34)11-17(2)3)12-20-13-30-24-23(33-20)21(14-31-24)25(36)32-16-26(37)6-8-27(28,29)9-7-26/h4,13-14,17-19,37H,1,5-12,15-16H2,2-3H3,(H,30,31)(H,32,36)/t18?,19-/m1/s1. The lowest BCUT2D eigenvalue weighted by Crippen LogP contribution is -2.47. The number of amides is 2. The Balaban J connectivity index is 1.45. The highest BCUT2D eigenvalue weighted by atomic mass is 19.3. The number of carbonyl (C=O) groups is 2. The minimum atomic E-state index is -2.76. The van der Waals surface area contributed by atoms with Crippen molar-refractivity contribution in [1.82, 2.24) is 25.2 Å². The Bertz CT molecular complexity index is 1140. The van der Waals surface area contributed by atoms with Crippen molar-refractivity contribution in [2.75, 3.05) is 19.6 Å². The van der Waals surface area contributed by atoms with Gasteiger partial charge in [-0.2, -0.15) is 0 Å². The molecule has 1 aliphatic carbocycles. The highest BCUT2D eigenvalue weighted by Gasteiger charge is 2.42. The zero-order valence-corrected chi connectivity index (χ0v) is 21.6. The van der Waals surface area contributed by atoms with Crippen LogP contribution in [-0.2, 0) is 11.2 Å². The summed E-state index contributed by atoms with van der Waals surface area (Å²) in [5, 5.41) is 13.3. The van der Waals surface area contributed by atoms with Gasteiger partial charge in [0.2, 0.25) is 11.8 Å². The van der Waals surface area contributed by atoms with Gasteiger partial charge in [-0.3, -0.25) is 9.59 Å². The highest BCUT2D eigenvalue weighted by Crippen LogP contribution is 2.38. The van der Waals surface area contributed by atoms with Gasteiger partial charge >= 0.3 is 0 Å². The van der Waals surface area contributed by atoms with Gasteiger partial charge in [0.15, 0.2) is 5.65 Å². The first-order valence-electron chi connectivity index (χ1n) is 13.1. The summed E-state index contributed by atoms with van der Waals surface area (Å²) in [6, 6.07) is 0. The predicted octanol–water partition coefficient (Wildman–Crippen LogP) is 3.87. The van der Waals surface area contributed by atoms with E-state index in [-0.39, 0.29) is 38.1 Å². The van der Waals surface area contributed by atoms with Crippen LogP contribution < -0.4 is 5.32 Å². The van der Waals surface area contributed by atoms with Crippen LogP contribution in [0.15, 0.2) is 25.0 Å². The molecule has 8 nitrogen and oxygen atoms in total.